The lowest BCUT2D eigenvalue weighted by Gasteiger charge is -2.34. The molecule has 1 heterocycles. The molecule has 124 valence electrons. The highest BCUT2D eigenvalue weighted by atomic mass is 32.2. The van der Waals surface area contributed by atoms with Crippen LogP contribution in [0.4, 0.5) is 0 Å². The second-order valence-corrected chi connectivity index (χ2v) is 8.08. The number of hydrogen-bond acceptors (Lipinski definition) is 5. The van der Waals surface area contributed by atoms with Crippen molar-refractivity contribution in [1.29, 1.82) is 0 Å². The van der Waals surface area contributed by atoms with Gasteiger partial charge in [-0.2, -0.15) is 0 Å². The zero-order valence-corrected chi connectivity index (χ0v) is 13.8. The van der Waals surface area contributed by atoms with Gasteiger partial charge in [0.15, 0.2) is 5.79 Å². The summed E-state index contributed by atoms with van der Waals surface area (Å²) in [5.74, 6) is 0.344. The van der Waals surface area contributed by atoms with E-state index in [1.165, 1.54) is 0 Å². The van der Waals surface area contributed by atoms with Crippen molar-refractivity contribution in [3.63, 3.8) is 0 Å². The molecule has 2 aliphatic rings. The molecule has 0 aromatic rings. The van der Waals surface area contributed by atoms with Crippen LogP contribution in [0, 0.1) is 5.92 Å². The molecule has 1 saturated heterocycles. The smallest absolute Gasteiger partial charge is 0.211 e. The Morgan fingerprint density at radius 2 is 2.05 bits per heavy atom. The summed E-state index contributed by atoms with van der Waals surface area (Å²) in [5.41, 5.74) is 0. The molecule has 1 N–H and O–H groups in total. The van der Waals surface area contributed by atoms with Gasteiger partial charge in [0.2, 0.25) is 10.0 Å². The molecule has 6 nitrogen and oxygen atoms in total. The first-order chi connectivity index (χ1) is 9.95. The molecule has 21 heavy (non-hydrogen) atoms. The molecule has 1 saturated carbocycles. The largest absolute Gasteiger partial charge is 0.385 e. The van der Waals surface area contributed by atoms with Gasteiger partial charge in [0.25, 0.3) is 0 Å². The average Bonchev–Trinajstić information content (AvgIpc) is 2.84. The Kier molecular flexibility index (Phi) is 6.02. The van der Waals surface area contributed by atoms with Crippen molar-refractivity contribution in [1.82, 2.24) is 4.72 Å². The van der Waals surface area contributed by atoms with Gasteiger partial charge in [-0.3, -0.25) is 0 Å². The number of hydrogen-bond donors (Lipinski definition) is 1. The molecular weight excluding hydrogens is 294 g/mol. The molecule has 0 aromatic carbocycles. The molecule has 2 fully saturated rings. The van der Waals surface area contributed by atoms with Gasteiger partial charge in [-0.1, -0.05) is 6.92 Å². The van der Waals surface area contributed by atoms with E-state index in [-0.39, 0.29) is 18.4 Å². The van der Waals surface area contributed by atoms with E-state index in [1.807, 2.05) is 0 Å². The summed E-state index contributed by atoms with van der Waals surface area (Å²) in [4.78, 5) is 0. The molecule has 0 bridgehead atoms. The van der Waals surface area contributed by atoms with Crippen LogP contribution in [-0.2, 0) is 24.2 Å². The fourth-order valence-electron chi connectivity index (χ4n) is 2.87. The standard InChI is InChI=1S/C14H27NO5S/c1-12-4-6-14(7-5-12)19-11-13(20-14)10-15-21(16,17)9-3-8-18-2/h12-13,15H,3-11H2,1-2H3. The minimum Gasteiger partial charge on any atom is -0.385 e. The summed E-state index contributed by atoms with van der Waals surface area (Å²) in [6.07, 6.45) is 4.34. The maximum Gasteiger partial charge on any atom is 0.211 e. The maximum atomic E-state index is 11.8. The van der Waals surface area contributed by atoms with Gasteiger partial charge in [-0.05, 0) is 25.2 Å². The highest BCUT2D eigenvalue weighted by Gasteiger charge is 2.43. The van der Waals surface area contributed by atoms with Crippen molar-refractivity contribution >= 4 is 10.0 Å². The second kappa shape index (κ2) is 7.37. The number of ether oxygens (including phenoxy) is 3. The van der Waals surface area contributed by atoms with Crippen LogP contribution in [0.2, 0.25) is 0 Å². The van der Waals surface area contributed by atoms with E-state index in [4.69, 9.17) is 14.2 Å². The van der Waals surface area contributed by atoms with E-state index in [1.54, 1.807) is 7.11 Å². The van der Waals surface area contributed by atoms with Gasteiger partial charge in [0.05, 0.1) is 18.5 Å². The molecule has 0 amide bonds. The third-order valence-electron chi connectivity index (χ3n) is 4.24. The van der Waals surface area contributed by atoms with E-state index >= 15 is 0 Å². The molecule has 1 atom stereocenters. The fraction of sp³-hybridized carbons (Fsp3) is 1.00. The Balaban J connectivity index is 1.73. The lowest BCUT2D eigenvalue weighted by molar-refractivity contribution is -0.191. The topological polar surface area (TPSA) is 73.9 Å². The first kappa shape index (κ1) is 17.1. The van der Waals surface area contributed by atoms with E-state index in [0.29, 0.717) is 19.6 Å². The average molecular weight is 321 g/mol. The zero-order valence-electron chi connectivity index (χ0n) is 13.0. The van der Waals surface area contributed by atoms with Crippen molar-refractivity contribution in [2.75, 3.05) is 32.6 Å². The molecular formula is C14H27NO5S. The highest BCUT2D eigenvalue weighted by Crippen LogP contribution is 2.39. The minimum atomic E-state index is -3.26. The summed E-state index contributed by atoms with van der Waals surface area (Å²) >= 11 is 0. The van der Waals surface area contributed by atoms with E-state index < -0.39 is 15.8 Å². The molecule has 1 spiro atoms. The minimum absolute atomic E-state index is 0.0804. The lowest BCUT2D eigenvalue weighted by atomic mass is 9.86. The van der Waals surface area contributed by atoms with Crippen LogP contribution in [0.5, 0.6) is 0 Å². The van der Waals surface area contributed by atoms with E-state index in [9.17, 15) is 8.42 Å². The van der Waals surface area contributed by atoms with Gasteiger partial charge in [0.1, 0.15) is 0 Å². The first-order valence-electron chi connectivity index (χ1n) is 7.73. The third kappa shape index (κ3) is 5.17. The number of rotatable bonds is 7. The summed E-state index contributed by atoms with van der Waals surface area (Å²) in [6.45, 7) is 3.44. The maximum absolute atomic E-state index is 11.8. The van der Waals surface area contributed by atoms with Crippen molar-refractivity contribution in [2.45, 2.75) is 50.9 Å². The molecule has 1 aliphatic carbocycles. The summed E-state index contributed by atoms with van der Waals surface area (Å²) in [6, 6.07) is 0. The normalized spacial score (nSPS) is 33.6. The van der Waals surface area contributed by atoms with Crippen molar-refractivity contribution < 1.29 is 22.6 Å². The predicted molar refractivity (Wildman–Crippen MR) is 79.5 cm³/mol. The number of sulfonamides is 1. The molecule has 1 unspecified atom stereocenters. The number of nitrogens with one attached hydrogen (secondary N) is 1. The molecule has 1 aliphatic heterocycles. The predicted octanol–water partition coefficient (Wildman–Crippen LogP) is 1.26. The van der Waals surface area contributed by atoms with Gasteiger partial charge in [0, 0.05) is 33.1 Å². The Bertz CT molecular complexity index is 417. The second-order valence-electron chi connectivity index (χ2n) is 6.16. The van der Waals surface area contributed by atoms with Gasteiger partial charge < -0.3 is 14.2 Å². The Morgan fingerprint density at radius 1 is 1.33 bits per heavy atom. The van der Waals surface area contributed by atoms with Crippen LogP contribution in [-0.4, -0.2) is 52.9 Å². The Morgan fingerprint density at radius 3 is 2.71 bits per heavy atom. The fourth-order valence-corrected chi connectivity index (χ4v) is 3.95. The lowest BCUT2D eigenvalue weighted by Crippen LogP contribution is -2.38. The highest BCUT2D eigenvalue weighted by molar-refractivity contribution is 7.89. The molecule has 0 aromatic heterocycles. The summed E-state index contributed by atoms with van der Waals surface area (Å²) in [5, 5.41) is 0. The SMILES string of the molecule is COCCCS(=O)(=O)NCC1COC2(CCC(C)CC2)O1. The van der Waals surface area contributed by atoms with E-state index in [0.717, 1.165) is 31.6 Å². The zero-order chi connectivity index (χ0) is 15.3. The number of methoxy groups -OCH3 is 1. The van der Waals surface area contributed by atoms with E-state index in [2.05, 4.69) is 11.6 Å². The van der Waals surface area contributed by atoms with Crippen LogP contribution in [0.15, 0.2) is 0 Å². The Hall–Kier alpha value is -0.210. The van der Waals surface area contributed by atoms with Crippen LogP contribution in [0.3, 0.4) is 0 Å². The van der Waals surface area contributed by atoms with Crippen LogP contribution < -0.4 is 4.72 Å². The summed E-state index contributed by atoms with van der Waals surface area (Å²) < 4.78 is 42.9. The van der Waals surface area contributed by atoms with Crippen molar-refractivity contribution in [3.05, 3.63) is 0 Å². The molecule has 7 heteroatoms. The quantitative estimate of drug-likeness (QED) is 0.715. The third-order valence-corrected chi connectivity index (χ3v) is 5.67. The van der Waals surface area contributed by atoms with Gasteiger partial charge in [-0.15, -0.1) is 0 Å². The van der Waals surface area contributed by atoms with Crippen molar-refractivity contribution in [3.8, 4) is 0 Å². The monoisotopic (exact) mass is 321 g/mol. The molecule has 0 radical (unpaired) electrons. The Labute approximate surface area is 127 Å². The van der Waals surface area contributed by atoms with Crippen LogP contribution in [0.25, 0.3) is 0 Å². The van der Waals surface area contributed by atoms with Gasteiger partial charge in [-0.25, -0.2) is 13.1 Å². The van der Waals surface area contributed by atoms with Crippen LogP contribution >= 0.6 is 0 Å². The van der Waals surface area contributed by atoms with Gasteiger partial charge >= 0.3 is 0 Å². The summed E-state index contributed by atoms with van der Waals surface area (Å²) in [7, 11) is -1.69. The van der Waals surface area contributed by atoms with Crippen LogP contribution in [0.1, 0.15) is 39.0 Å². The molecule has 2 rings (SSSR count). The first-order valence-corrected chi connectivity index (χ1v) is 9.38. The van der Waals surface area contributed by atoms with Crippen molar-refractivity contribution in [2.24, 2.45) is 5.92 Å².